The van der Waals surface area contributed by atoms with E-state index in [9.17, 15) is 9.00 Å². The molecule has 1 unspecified atom stereocenters. The largest absolute Gasteiger partial charge is 0.497 e. The summed E-state index contributed by atoms with van der Waals surface area (Å²) in [6.45, 7) is 1.54. The summed E-state index contributed by atoms with van der Waals surface area (Å²) in [5.74, 6) is 0.688. The predicted molar refractivity (Wildman–Crippen MR) is 91.7 cm³/mol. The number of nitrogens with zero attached hydrogens (tertiary/aromatic N) is 1. The summed E-state index contributed by atoms with van der Waals surface area (Å²) >= 11 is 0. The molecule has 0 saturated carbocycles. The van der Waals surface area contributed by atoms with Crippen LogP contribution in [0.3, 0.4) is 0 Å². The number of ketones is 1. The lowest BCUT2D eigenvalue weighted by Crippen LogP contribution is -1.98. The van der Waals surface area contributed by atoms with Crippen molar-refractivity contribution in [3.8, 4) is 16.9 Å². The zero-order chi connectivity index (χ0) is 16.6. The van der Waals surface area contributed by atoms with E-state index in [1.807, 2.05) is 53.1 Å². The molecular formula is C18H17NO3S. The maximum Gasteiger partial charge on any atom is 0.176 e. The lowest BCUT2D eigenvalue weighted by atomic mass is 10.1. The van der Waals surface area contributed by atoms with Crippen molar-refractivity contribution in [2.45, 2.75) is 11.8 Å². The minimum absolute atomic E-state index is 0.0217. The Balaban J connectivity index is 2.37. The van der Waals surface area contributed by atoms with Crippen LogP contribution in [0.4, 0.5) is 0 Å². The van der Waals surface area contributed by atoms with Crippen LogP contribution < -0.4 is 4.74 Å². The molecule has 4 nitrogen and oxygen atoms in total. The van der Waals surface area contributed by atoms with Gasteiger partial charge >= 0.3 is 0 Å². The van der Waals surface area contributed by atoms with Crippen molar-refractivity contribution in [2.24, 2.45) is 0 Å². The van der Waals surface area contributed by atoms with E-state index in [4.69, 9.17) is 4.74 Å². The highest BCUT2D eigenvalue weighted by Gasteiger charge is 2.17. The summed E-state index contributed by atoms with van der Waals surface area (Å²) in [6.07, 6.45) is 3.48. The first-order chi connectivity index (χ1) is 11.0. The van der Waals surface area contributed by atoms with Gasteiger partial charge in [-0.3, -0.25) is 9.00 Å². The number of fused-ring (bicyclic) bond motifs is 1. The zero-order valence-electron chi connectivity index (χ0n) is 13.2. The van der Waals surface area contributed by atoms with E-state index < -0.39 is 10.8 Å². The van der Waals surface area contributed by atoms with Crippen LogP contribution >= 0.6 is 0 Å². The number of hydrogen-bond donors (Lipinski definition) is 0. The summed E-state index contributed by atoms with van der Waals surface area (Å²) in [5.41, 5.74) is 3.19. The molecule has 23 heavy (non-hydrogen) atoms. The zero-order valence-corrected chi connectivity index (χ0v) is 14.0. The second kappa shape index (κ2) is 6.01. The van der Waals surface area contributed by atoms with Gasteiger partial charge in [-0.15, -0.1) is 0 Å². The van der Waals surface area contributed by atoms with Crippen molar-refractivity contribution in [1.82, 2.24) is 4.40 Å². The van der Waals surface area contributed by atoms with Crippen LogP contribution in [-0.4, -0.2) is 27.8 Å². The third-order valence-electron chi connectivity index (χ3n) is 3.83. The van der Waals surface area contributed by atoms with Gasteiger partial charge in [0.1, 0.15) is 5.75 Å². The van der Waals surface area contributed by atoms with Gasteiger partial charge in [-0.05, 0) is 23.8 Å². The third-order valence-corrected chi connectivity index (χ3v) is 4.80. The first-order valence-corrected chi connectivity index (χ1v) is 8.71. The van der Waals surface area contributed by atoms with Crippen LogP contribution in [0, 0.1) is 0 Å². The summed E-state index contributed by atoms with van der Waals surface area (Å²) in [6, 6.07) is 13.1. The number of ether oxygens (including phenoxy) is 1. The Kier molecular flexibility index (Phi) is 4.05. The predicted octanol–water partition coefficient (Wildman–Crippen LogP) is 3.55. The first-order valence-electron chi connectivity index (χ1n) is 7.16. The molecule has 0 N–H and O–H groups in total. The molecule has 0 radical (unpaired) electrons. The molecule has 0 fully saturated rings. The smallest absolute Gasteiger partial charge is 0.176 e. The van der Waals surface area contributed by atoms with Crippen molar-refractivity contribution in [2.75, 3.05) is 13.4 Å². The highest BCUT2D eigenvalue weighted by atomic mass is 32.2. The number of carbonyl (C=O) groups is 1. The molecule has 1 atom stereocenters. The lowest BCUT2D eigenvalue weighted by molar-refractivity contribution is 0.101. The third kappa shape index (κ3) is 2.68. The van der Waals surface area contributed by atoms with Gasteiger partial charge < -0.3 is 9.14 Å². The number of methoxy groups -OCH3 is 1. The molecule has 0 amide bonds. The molecule has 2 aromatic heterocycles. The van der Waals surface area contributed by atoms with Gasteiger partial charge in [-0.25, -0.2) is 0 Å². The minimum atomic E-state index is -1.12. The Morgan fingerprint density at radius 2 is 1.87 bits per heavy atom. The normalized spacial score (nSPS) is 12.3. The molecule has 0 aliphatic rings. The molecule has 0 bridgehead atoms. The van der Waals surface area contributed by atoms with E-state index in [1.54, 1.807) is 20.3 Å². The fourth-order valence-corrected chi connectivity index (χ4v) is 3.49. The second-order valence-corrected chi connectivity index (χ2v) is 6.62. The van der Waals surface area contributed by atoms with Gasteiger partial charge in [0.05, 0.1) is 29.1 Å². The topological polar surface area (TPSA) is 47.8 Å². The summed E-state index contributed by atoms with van der Waals surface area (Å²) in [5, 5.41) is 0. The van der Waals surface area contributed by atoms with Crippen LogP contribution in [0.1, 0.15) is 17.4 Å². The summed E-state index contributed by atoms with van der Waals surface area (Å²) in [4.78, 5) is 12.7. The number of aromatic nitrogens is 1. The van der Waals surface area contributed by atoms with Crippen molar-refractivity contribution in [3.05, 3.63) is 54.4 Å². The summed E-state index contributed by atoms with van der Waals surface area (Å²) in [7, 11) is 0.489. The average Bonchev–Trinajstić information content (AvgIpc) is 2.93. The number of carbonyl (C=O) groups excluding carboxylic acids is 1. The number of hydrogen-bond acceptors (Lipinski definition) is 3. The quantitative estimate of drug-likeness (QED) is 0.689. The molecule has 0 aliphatic heterocycles. The Morgan fingerprint density at radius 3 is 2.52 bits per heavy atom. The van der Waals surface area contributed by atoms with Crippen LogP contribution in [0.15, 0.2) is 53.6 Å². The van der Waals surface area contributed by atoms with Crippen LogP contribution in [-0.2, 0) is 10.8 Å². The van der Waals surface area contributed by atoms with Crippen LogP contribution in [0.25, 0.3) is 16.6 Å². The van der Waals surface area contributed by atoms with E-state index in [2.05, 4.69) is 0 Å². The molecule has 3 aromatic rings. The maximum absolute atomic E-state index is 12.1. The molecular weight excluding hydrogens is 310 g/mol. The van der Waals surface area contributed by atoms with E-state index in [0.717, 1.165) is 21.5 Å². The first kappa shape index (κ1) is 15.5. The highest BCUT2D eigenvalue weighted by Crippen LogP contribution is 2.33. The van der Waals surface area contributed by atoms with Crippen molar-refractivity contribution < 1.29 is 13.7 Å². The monoisotopic (exact) mass is 327 g/mol. The van der Waals surface area contributed by atoms with Gasteiger partial charge in [0.15, 0.2) is 5.78 Å². The Morgan fingerprint density at radius 1 is 1.13 bits per heavy atom. The molecule has 118 valence electrons. The molecule has 0 saturated heterocycles. The standard InChI is InChI=1S/C18H17NO3S/c1-12(20)16-11-15(14-6-4-5-7-18(14)23(3)21)17-10-13(22-2)8-9-19(16)17/h4-11H,1-3H3. The van der Waals surface area contributed by atoms with Gasteiger partial charge in [0, 0.05) is 35.9 Å². The van der Waals surface area contributed by atoms with E-state index >= 15 is 0 Å². The van der Waals surface area contributed by atoms with Crippen LogP contribution in [0.5, 0.6) is 5.75 Å². The van der Waals surface area contributed by atoms with Crippen molar-refractivity contribution >= 4 is 22.1 Å². The molecule has 3 rings (SSSR count). The average molecular weight is 327 g/mol. The van der Waals surface area contributed by atoms with Gasteiger partial charge in [0.25, 0.3) is 0 Å². The molecule has 0 spiro atoms. The molecule has 1 aromatic carbocycles. The van der Waals surface area contributed by atoms with Crippen molar-refractivity contribution in [1.29, 1.82) is 0 Å². The SMILES string of the molecule is COc1ccn2c(C(C)=O)cc(-c3ccccc3S(C)=O)c2c1. The fraction of sp³-hybridized carbons (Fsp3) is 0.167. The van der Waals surface area contributed by atoms with E-state index in [-0.39, 0.29) is 5.78 Å². The minimum Gasteiger partial charge on any atom is -0.497 e. The van der Waals surface area contributed by atoms with Gasteiger partial charge in [-0.1, -0.05) is 18.2 Å². The second-order valence-electron chi connectivity index (χ2n) is 5.27. The fourth-order valence-electron chi connectivity index (χ4n) is 2.73. The van der Waals surface area contributed by atoms with E-state index in [0.29, 0.717) is 11.4 Å². The van der Waals surface area contributed by atoms with Gasteiger partial charge in [-0.2, -0.15) is 0 Å². The molecule has 0 aliphatic carbocycles. The van der Waals surface area contributed by atoms with Crippen LogP contribution in [0.2, 0.25) is 0 Å². The Labute approximate surface area is 137 Å². The lowest BCUT2D eigenvalue weighted by Gasteiger charge is -2.07. The maximum atomic E-state index is 12.1. The van der Waals surface area contributed by atoms with Gasteiger partial charge in [0.2, 0.25) is 0 Å². The number of rotatable bonds is 4. The highest BCUT2D eigenvalue weighted by molar-refractivity contribution is 7.84. The number of pyridine rings is 1. The summed E-state index contributed by atoms with van der Waals surface area (Å²) < 4.78 is 19.2. The number of Topliss-reactive ketones (excluding diaryl/α,β-unsaturated/α-hetero) is 1. The van der Waals surface area contributed by atoms with Crippen molar-refractivity contribution in [3.63, 3.8) is 0 Å². The van der Waals surface area contributed by atoms with E-state index in [1.165, 1.54) is 0 Å². The Hall–Kier alpha value is -2.40. The molecule has 5 heteroatoms. The molecule has 2 heterocycles. The number of benzene rings is 1. The Bertz CT molecular complexity index is 927.